The lowest BCUT2D eigenvalue weighted by atomic mass is 10.2. The molecular formula is C21H24ClN3O3. The van der Waals surface area contributed by atoms with Crippen molar-refractivity contribution < 1.29 is 14.3 Å². The third-order valence-corrected chi connectivity index (χ3v) is 4.66. The second-order valence-corrected chi connectivity index (χ2v) is 7.34. The van der Waals surface area contributed by atoms with E-state index in [0.717, 1.165) is 23.4 Å². The maximum Gasteiger partial charge on any atom is 0.319 e. The van der Waals surface area contributed by atoms with E-state index in [1.54, 1.807) is 23.1 Å². The van der Waals surface area contributed by atoms with Gasteiger partial charge < -0.3 is 20.3 Å². The summed E-state index contributed by atoms with van der Waals surface area (Å²) in [5.41, 5.74) is 2.16. The molecule has 0 atom stereocenters. The summed E-state index contributed by atoms with van der Waals surface area (Å²) < 4.78 is 5.61. The van der Waals surface area contributed by atoms with E-state index in [-0.39, 0.29) is 18.0 Å². The number of nitrogens with one attached hydrogen (secondary N) is 2. The van der Waals surface area contributed by atoms with Gasteiger partial charge in [-0.25, -0.2) is 4.79 Å². The maximum absolute atomic E-state index is 12.3. The first-order valence-electron chi connectivity index (χ1n) is 9.33. The van der Waals surface area contributed by atoms with Crippen LogP contribution in [0.4, 0.5) is 16.2 Å². The number of urea groups is 1. The van der Waals surface area contributed by atoms with E-state index < -0.39 is 0 Å². The van der Waals surface area contributed by atoms with E-state index in [0.29, 0.717) is 30.2 Å². The Morgan fingerprint density at radius 2 is 1.96 bits per heavy atom. The average molecular weight is 402 g/mol. The molecule has 0 aliphatic carbocycles. The second kappa shape index (κ2) is 8.97. The Morgan fingerprint density at radius 1 is 1.21 bits per heavy atom. The molecule has 148 valence electrons. The van der Waals surface area contributed by atoms with Crippen LogP contribution in [-0.2, 0) is 11.3 Å². The van der Waals surface area contributed by atoms with Gasteiger partial charge in [0.15, 0.2) is 0 Å². The van der Waals surface area contributed by atoms with Gasteiger partial charge in [-0.05, 0) is 56.2 Å². The third kappa shape index (κ3) is 5.16. The van der Waals surface area contributed by atoms with Gasteiger partial charge in [0.1, 0.15) is 5.75 Å². The van der Waals surface area contributed by atoms with Crippen molar-refractivity contribution in [3.63, 3.8) is 0 Å². The van der Waals surface area contributed by atoms with Crippen LogP contribution in [-0.4, -0.2) is 24.6 Å². The zero-order chi connectivity index (χ0) is 20.1. The summed E-state index contributed by atoms with van der Waals surface area (Å²) in [6, 6.07) is 12.4. The molecule has 7 heteroatoms. The zero-order valence-electron chi connectivity index (χ0n) is 16.0. The number of carbonyl (C=O) groups is 2. The smallest absolute Gasteiger partial charge is 0.319 e. The van der Waals surface area contributed by atoms with Crippen LogP contribution in [0, 0.1) is 0 Å². The maximum atomic E-state index is 12.3. The van der Waals surface area contributed by atoms with Gasteiger partial charge in [0.05, 0.1) is 16.8 Å². The van der Waals surface area contributed by atoms with Crippen molar-refractivity contribution in [1.82, 2.24) is 5.32 Å². The van der Waals surface area contributed by atoms with Crippen LogP contribution < -0.4 is 20.3 Å². The minimum Gasteiger partial charge on any atom is -0.491 e. The summed E-state index contributed by atoms with van der Waals surface area (Å²) in [7, 11) is 0. The number of amides is 3. The van der Waals surface area contributed by atoms with Gasteiger partial charge in [0.25, 0.3) is 0 Å². The van der Waals surface area contributed by atoms with Crippen LogP contribution in [0.5, 0.6) is 5.75 Å². The molecule has 0 bridgehead atoms. The Labute approximate surface area is 169 Å². The number of hydrogen-bond acceptors (Lipinski definition) is 3. The number of hydrogen-bond donors (Lipinski definition) is 2. The lowest BCUT2D eigenvalue weighted by molar-refractivity contribution is -0.117. The van der Waals surface area contributed by atoms with E-state index in [1.807, 2.05) is 38.1 Å². The van der Waals surface area contributed by atoms with Crippen molar-refractivity contribution in [2.45, 2.75) is 39.3 Å². The van der Waals surface area contributed by atoms with E-state index in [4.69, 9.17) is 16.3 Å². The Morgan fingerprint density at radius 3 is 2.61 bits per heavy atom. The van der Waals surface area contributed by atoms with E-state index >= 15 is 0 Å². The van der Waals surface area contributed by atoms with Crippen LogP contribution in [0.2, 0.25) is 5.02 Å². The number of ether oxygens (including phenoxy) is 1. The fourth-order valence-corrected chi connectivity index (χ4v) is 3.17. The van der Waals surface area contributed by atoms with Crippen LogP contribution in [0.15, 0.2) is 42.5 Å². The summed E-state index contributed by atoms with van der Waals surface area (Å²) >= 11 is 6.20. The number of halogens is 1. The molecule has 3 rings (SSSR count). The minimum atomic E-state index is -0.366. The number of benzene rings is 2. The molecule has 0 saturated carbocycles. The van der Waals surface area contributed by atoms with Crippen molar-refractivity contribution in [1.29, 1.82) is 0 Å². The van der Waals surface area contributed by atoms with Crippen LogP contribution in [0.3, 0.4) is 0 Å². The highest BCUT2D eigenvalue weighted by atomic mass is 35.5. The molecular weight excluding hydrogens is 378 g/mol. The first-order valence-corrected chi connectivity index (χ1v) is 9.70. The van der Waals surface area contributed by atoms with Crippen LogP contribution in [0.1, 0.15) is 32.3 Å². The largest absolute Gasteiger partial charge is 0.491 e. The first-order chi connectivity index (χ1) is 13.4. The first kappa shape index (κ1) is 20.0. The van der Waals surface area contributed by atoms with Gasteiger partial charge in [-0.1, -0.05) is 23.7 Å². The van der Waals surface area contributed by atoms with Crippen molar-refractivity contribution in [2.75, 3.05) is 16.8 Å². The second-order valence-electron chi connectivity index (χ2n) is 6.93. The lowest BCUT2D eigenvalue weighted by Crippen LogP contribution is -2.28. The molecule has 6 nitrogen and oxygen atoms in total. The minimum absolute atomic E-state index is 0.0858. The molecule has 1 heterocycles. The molecule has 1 aliphatic rings. The summed E-state index contributed by atoms with van der Waals surface area (Å²) in [6.07, 6.45) is 1.50. The SMILES string of the molecule is CC(C)Oc1ccc(CNC(=O)Nc2cc(N3CCCC3=O)ccc2Cl)cc1. The van der Waals surface area contributed by atoms with Gasteiger partial charge in [-0.3, -0.25) is 4.79 Å². The number of anilines is 2. The summed E-state index contributed by atoms with van der Waals surface area (Å²) in [4.78, 5) is 25.9. The molecule has 0 aromatic heterocycles. The predicted octanol–water partition coefficient (Wildman–Crippen LogP) is 4.58. The molecule has 2 aromatic rings. The zero-order valence-corrected chi connectivity index (χ0v) is 16.8. The summed E-state index contributed by atoms with van der Waals surface area (Å²) in [6.45, 7) is 5.00. The van der Waals surface area contributed by atoms with Crippen molar-refractivity contribution in [3.05, 3.63) is 53.1 Å². The fourth-order valence-electron chi connectivity index (χ4n) is 3.00. The number of carbonyl (C=O) groups excluding carboxylic acids is 2. The molecule has 0 spiro atoms. The van der Waals surface area contributed by atoms with Crippen LogP contribution in [0.25, 0.3) is 0 Å². The van der Waals surface area contributed by atoms with Gasteiger partial charge in [0.2, 0.25) is 5.91 Å². The Balaban J connectivity index is 1.58. The average Bonchev–Trinajstić information content (AvgIpc) is 3.08. The van der Waals surface area contributed by atoms with E-state index in [2.05, 4.69) is 10.6 Å². The Hall–Kier alpha value is -2.73. The highest BCUT2D eigenvalue weighted by Gasteiger charge is 2.22. The summed E-state index contributed by atoms with van der Waals surface area (Å²) in [5.74, 6) is 0.880. The van der Waals surface area contributed by atoms with E-state index in [9.17, 15) is 9.59 Å². The quantitative estimate of drug-likeness (QED) is 0.744. The lowest BCUT2D eigenvalue weighted by Gasteiger charge is -2.18. The molecule has 28 heavy (non-hydrogen) atoms. The molecule has 3 amide bonds. The highest BCUT2D eigenvalue weighted by molar-refractivity contribution is 6.33. The predicted molar refractivity (Wildman–Crippen MR) is 111 cm³/mol. The Kier molecular flexibility index (Phi) is 6.41. The third-order valence-electron chi connectivity index (χ3n) is 4.33. The monoisotopic (exact) mass is 401 g/mol. The fraction of sp³-hybridized carbons (Fsp3) is 0.333. The van der Waals surface area contributed by atoms with Gasteiger partial charge in [-0.15, -0.1) is 0 Å². The Bertz CT molecular complexity index is 852. The normalized spacial score (nSPS) is 13.7. The molecule has 1 saturated heterocycles. The van der Waals surface area contributed by atoms with Crippen molar-refractivity contribution >= 4 is 34.9 Å². The topological polar surface area (TPSA) is 70.7 Å². The molecule has 2 aromatic carbocycles. The van der Waals surface area contributed by atoms with Gasteiger partial charge in [-0.2, -0.15) is 0 Å². The number of rotatable bonds is 6. The highest BCUT2D eigenvalue weighted by Crippen LogP contribution is 2.29. The standard InChI is InChI=1S/C21H24ClN3O3/c1-14(2)28-17-8-5-15(6-9-17)13-23-21(27)24-19-12-16(7-10-18(19)22)25-11-3-4-20(25)26/h5-10,12,14H,3-4,11,13H2,1-2H3,(H2,23,24,27). The van der Waals surface area contributed by atoms with Crippen LogP contribution >= 0.6 is 11.6 Å². The summed E-state index contributed by atoms with van der Waals surface area (Å²) in [5, 5.41) is 5.97. The number of nitrogens with zero attached hydrogens (tertiary/aromatic N) is 1. The molecule has 1 aliphatic heterocycles. The van der Waals surface area contributed by atoms with Gasteiger partial charge >= 0.3 is 6.03 Å². The van der Waals surface area contributed by atoms with Gasteiger partial charge in [0, 0.05) is 25.2 Å². The van der Waals surface area contributed by atoms with E-state index in [1.165, 1.54) is 0 Å². The molecule has 1 fully saturated rings. The molecule has 0 radical (unpaired) electrons. The molecule has 0 unspecified atom stereocenters. The molecule has 2 N–H and O–H groups in total. The van der Waals surface area contributed by atoms with Crippen molar-refractivity contribution in [3.8, 4) is 5.75 Å². The van der Waals surface area contributed by atoms with Crippen molar-refractivity contribution in [2.24, 2.45) is 0 Å².